The first-order valence-corrected chi connectivity index (χ1v) is 10.1. The average Bonchev–Trinajstić information content (AvgIpc) is 2.64. The van der Waals surface area contributed by atoms with Gasteiger partial charge in [-0.3, -0.25) is 14.4 Å². The van der Waals surface area contributed by atoms with Crippen LogP contribution in [-0.2, 0) is 17.4 Å². The lowest BCUT2D eigenvalue weighted by Crippen LogP contribution is -2.53. The number of rotatable bonds is 5. The fourth-order valence-corrected chi connectivity index (χ4v) is 3.74. The fraction of sp³-hybridized carbons (Fsp3) is 0.316. The normalized spacial score (nSPS) is 17.6. The van der Waals surface area contributed by atoms with E-state index in [1.165, 1.54) is 24.3 Å². The Labute approximate surface area is 168 Å². The van der Waals surface area contributed by atoms with Crippen molar-refractivity contribution in [1.29, 1.82) is 0 Å². The molecule has 1 saturated heterocycles. The molecule has 1 aliphatic heterocycles. The number of thiol groups is 1. The first-order valence-electron chi connectivity index (χ1n) is 8.92. The molecule has 1 N–H and O–H groups in total. The Balaban J connectivity index is 1.64. The van der Waals surface area contributed by atoms with E-state index in [1.807, 2.05) is 11.8 Å². The molecule has 1 aliphatic rings. The summed E-state index contributed by atoms with van der Waals surface area (Å²) in [5, 5.41) is 0. The number of nitrogens with one attached hydrogen (secondary N) is 1. The van der Waals surface area contributed by atoms with Crippen LogP contribution in [0.15, 0.2) is 36.4 Å². The number of benzene rings is 2. The quantitative estimate of drug-likeness (QED) is 0.719. The minimum Gasteiger partial charge on any atom is -0.333 e. The number of carbonyl (C=O) groups excluding carboxylic acids is 1. The summed E-state index contributed by atoms with van der Waals surface area (Å²) in [4.78, 5) is 16.2. The highest BCUT2D eigenvalue weighted by Gasteiger charge is 2.29. The molecule has 1 atom stereocenters. The molecule has 0 unspecified atom stereocenters. The van der Waals surface area contributed by atoms with Gasteiger partial charge in [-0.15, -0.1) is 0 Å². The predicted octanol–water partition coefficient (Wildman–Crippen LogP) is 2.39. The number of carbonyl (C=O) groups is 1. The van der Waals surface area contributed by atoms with Gasteiger partial charge in [-0.05, 0) is 31.2 Å². The summed E-state index contributed by atoms with van der Waals surface area (Å²) in [6, 6.07) is 7.17. The molecule has 2 aromatic rings. The van der Waals surface area contributed by atoms with Gasteiger partial charge in [0.15, 0.2) is 0 Å². The van der Waals surface area contributed by atoms with E-state index in [9.17, 15) is 26.4 Å². The molecule has 2 aromatic carbocycles. The second kappa shape index (κ2) is 8.83. The van der Waals surface area contributed by atoms with Crippen LogP contribution in [0, 0.1) is 17.5 Å². The van der Waals surface area contributed by atoms with Gasteiger partial charge in [0.2, 0.25) is 10.9 Å². The van der Waals surface area contributed by atoms with Gasteiger partial charge in [-0.25, -0.2) is 21.6 Å². The summed E-state index contributed by atoms with van der Waals surface area (Å²) in [6.45, 7) is 2.98. The smallest absolute Gasteiger partial charge is 0.254 e. The van der Waals surface area contributed by atoms with Crippen LogP contribution in [0.2, 0.25) is 0 Å². The van der Waals surface area contributed by atoms with Crippen LogP contribution in [0.3, 0.4) is 0 Å². The van der Waals surface area contributed by atoms with E-state index in [0.29, 0.717) is 43.0 Å². The van der Waals surface area contributed by atoms with Gasteiger partial charge in [-0.2, -0.15) is 0 Å². The Kier molecular flexibility index (Phi) is 6.43. The molecule has 0 radical (unpaired) electrons. The van der Waals surface area contributed by atoms with E-state index >= 15 is 0 Å². The van der Waals surface area contributed by atoms with Gasteiger partial charge < -0.3 is 4.90 Å². The number of amides is 1. The Bertz CT molecular complexity index is 951. The van der Waals surface area contributed by atoms with Crippen molar-refractivity contribution in [2.75, 3.05) is 24.4 Å². The van der Waals surface area contributed by atoms with Gasteiger partial charge in [-0.1, -0.05) is 0 Å². The number of piperazine rings is 1. The zero-order valence-corrected chi connectivity index (χ0v) is 16.5. The van der Waals surface area contributed by atoms with Gasteiger partial charge >= 0.3 is 0 Å². The minimum absolute atomic E-state index is 0.0158. The van der Waals surface area contributed by atoms with E-state index in [1.54, 1.807) is 4.90 Å². The summed E-state index contributed by atoms with van der Waals surface area (Å²) in [5.41, 5.74) is 0.574. The van der Waals surface area contributed by atoms with Crippen molar-refractivity contribution in [3.63, 3.8) is 0 Å². The van der Waals surface area contributed by atoms with Crippen molar-refractivity contribution in [3.05, 3.63) is 65.0 Å². The van der Waals surface area contributed by atoms with Crippen molar-refractivity contribution in [3.8, 4) is 0 Å². The number of hydrogen-bond donors (Lipinski definition) is 2. The lowest BCUT2D eigenvalue weighted by molar-refractivity contribution is 0.0471. The van der Waals surface area contributed by atoms with E-state index in [4.69, 9.17) is 0 Å². The third-order valence-corrected chi connectivity index (χ3v) is 5.25. The van der Waals surface area contributed by atoms with Crippen molar-refractivity contribution < 1.29 is 26.4 Å². The first kappa shape index (κ1) is 21.1. The maximum atomic E-state index is 13.9. The van der Waals surface area contributed by atoms with Crippen LogP contribution < -0.4 is 4.72 Å². The molecule has 0 spiro atoms. The molecule has 0 saturated carbocycles. The van der Waals surface area contributed by atoms with Crippen LogP contribution in [-0.4, -0.2) is 49.8 Å². The number of halogens is 3. The standard InChI is InChI=1S/C19H20F3N3O3S/c1-12-10-24(11-16-17(21)8-14(20)9-18(16)22)6-7-25(12)19(26)13-2-4-15(5-3-13)23-29(27)28/h2-5,8-9,12,29H,6-7,10-11H2,1H3,(H,23,27,28)/t12-/m0/s1. The highest BCUT2D eigenvalue weighted by Crippen LogP contribution is 2.21. The summed E-state index contributed by atoms with van der Waals surface area (Å²) in [6.07, 6.45) is 0. The Morgan fingerprint density at radius 1 is 1.10 bits per heavy atom. The molecule has 0 bridgehead atoms. The van der Waals surface area contributed by atoms with Crippen LogP contribution in [0.1, 0.15) is 22.8 Å². The second-order valence-electron chi connectivity index (χ2n) is 6.88. The monoisotopic (exact) mass is 427 g/mol. The van der Waals surface area contributed by atoms with Crippen LogP contribution in [0.5, 0.6) is 0 Å². The highest BCUT2D eigenvalue weighted by atomic mass is 32.2. The first-order chi connectivity index (χ1) is 13.7. The predicted molar refractivity (Wildman–Crippen MR) is 102 cm³/mol. The molecule has 1 fully saturated rings. The topological polar surface area (TPSA) is 69.7 Å². The van der Waals surface area contributed by atoms with Gasteiger partial charge in [0, 0.05) is 61.2 Å². The zero-order chi connectivity index (χ0) is 21.1. The molecule has 1 amide bonds. The largest absolute Gasteiger partial charge is 0.333 e. The molecular weight excluding hydrogens is 407 g/mol. The number of nitrogens with zero attached hydrogens (tertiary/aromatic N) is 2. The SMILES string of the molecule is C[C@H]1CN(Cc2c(F)cc(F)cc2F)CCN1C(=O)c1ccc(N[SH](=O)=O)cc1. The van der Waals surface area contributed by atoms with Crippen LogP contribution >= 0.6 is 0 Å². The lowest BCUT2D eigenvalue weighted by atomic mass is 10.1. The molecule has 29 heavy (non-hydrogen) atoms. The summed E-state index contributed by atoms with van der Waals surface area (Å²) >= 11 is 0. The molecule has 10 heteroatoms. The molecule has 156 valence electrons. The average molecular weight is 427 g/mol. The molecule has 0 aliphatic carbocycles. The fourth-order valence-electron chi connectivity index (χ4n) is 3.38. The van der Waals surface area contributed by atoms with Crippen molar-refractivity contribution in [2.24, 2.45) is 0 Å². The van der Waals surface area contributed by atoms with Crippen LogP contribution in [0.25, 0.3) is 0 Å². The Morgan fingerprint density at radius 3 is 2.28 bits per heavy atom. The van der Waals surface area contributed by atoms with Gasteiger partial charge in [0.25, 0.3) is 5.91 Å². The van der Waals surface area contributed by atoms with E-state index < -0.39 is 28.3 Å². The van der Waals surface area contributed by atoms with E-state index in [0.717, 1.165) is 0 Å². The second-order valence-corrected chi connectivity index (χ2v) is 7.61. The number of anilines is 1. The Hall–Kier alpha value is -2.59. The summed E-state index contributed by atoms with van der Waals surface area (Å²) in [7, 11) is -2.78. The molecule has 3 rings (SSSR count). The highest BCUT2D eigenvalue weighted by molar-refractivity contribution is 7.73. The maximum Gasteiger partial charge on any atom is 0.254 e. The molecule has 1 heterocycles. The van der Waals surface area contributed by atoms with Crippen molar-refractivity contribution >= 4 is 22.5 Å². The van der Waals surface area contributed by atoms with Gasteiger partial charge in [0.1, 0.15) is 17.5 Å². The minimum atomic E-state index is -2.78. The third kappa shape index (κ3) is 5.07. The summed E-state index contributed by atoms with van der Waals surface area (Å²) < 4.78 is 64.4. The zero-order valence-electron chi connectivity index (χ0n) is 15.6. The van der Waals surface area contributed by atoms with Gasteiger partial charge in [0.05, 0.1) is 0 Å². The lowest BCUT2D eigenvalue weighted by Gasteiger charge is -2.40. The van der Waals surface area contributed by atoms with E-state index in [2.05, 4.69) is 4.72 Å². The third-order valence-electron chi connectivity index (χ3n) is 4.81. The summed E-state index contributed by atoms with van der Waals surface area (Å²) in [5.74, 6) is -3.03. The van der Waals surface area contributed by atoms with Crippen molar-refractivity contribution in [1.82, 2.24) is 9.80 Å². The number of hydrogen-bond acceptors (Lipinski definition) is 4. The van der Waals surface area contributed by atoms with Crippen molar-refractivity contribution in [2.45, 2.75) is 19.5 Å². The molecule has 6 nitrogen and oxygen atoms in total. The van der Waals surface area contributed by atoms with E-state index in [-0.39, 0.29) is 24.1 Å². The molecular formula is C19H20F3N3O3S. The van der Waals surface area contributed by atoms with Crippen LogP contribution in [0.4, 0.5) is 18.9 Å². The maximum absolute atomic E-state index is 13.9. The molecule has 0 aromatic heterocycles. The Morgan fingerprint density at radius 2 is 1.72 bits per heavy atom.